The number of carbonyl (C=O) groups is 6. The second-order valence-electron chi connectivity index (χ2n) is 31.3. The molecule has 576 valence electrons. The molecule has 105 heavy (non-hydrogen) atoms. The van der Waals surface area contributed by atoms with Crippen LogP contribution in [-0.2, 0) is 38.0 Å². The summed E-state index contributed by atoms with van der Waals surface area (Å²) in [6.45, 7) is 42.9. The highest BCUT2D eigenvalue weighted by atomic mass is 79.9. The molecular formula is C81H113BrN6O13S4. The predicted octanol–water partition coefficient (Wildman–Crippen LogP) is 15.1. The fourth-order valence-corrected chi connectivity index (χ4v) is 15.9. The fraction of sp³-hybridized carbons (Fsp3) is 0.630. The van der Waals surface area contributed by atoms with Crippen LogP contribution in [0.3, 0.4) is 0 Å². The minimum Gasteiger partial charge on any atom is -0.477 e. The molecule has 0 atom stereocenters. The molecule has 24 heteroatoms. The number of esters is 3. The normalized spacial score (nSPS) is 18.7. The van der Waals surface area contributed by atoms with Gasteiger partial charge in [-0.2, -0.15) is 0 Å². The van der Waals surface area contributed by atoms with E-state index in [0.717, 1.165) is 160 Å². The number of hydrogen-bond donors (Lipinski definition) is 2. The number of morpholine rings is 3. The lowest BCUT2D eigenvalue weighted by Gasteiger charge is -2.33. The standard InChI is InChI=1S/C26H38N2O4S.C25H36N2O4S.C18H26N2O3S.C12H13BrO2S/c1-19-6-8-20(9-7-19)24(29)28(13-12-27-14-16-32-17-15-27)22-18-21(10-11-26(2,3)4)33-23(22)25(30)31-5;1-18-5-7-19(8-6-18)23(28)27(12-11-26-13-15-31-16-14-26)21-17-20(9-10-25(2,3)4)32-22(21)24(29)30;1-18(2,3)6-5-14-13-15(16(24-14)17(21)22-4)19-7-8-20-9-11-23-12-10-20;1-12(2,3)6-5-8-7-9(13)10(16-8)11(14)15-4/h18-20H,6-9,12-17H2,1-5H3;17-19H,5-8,11-16H2,1-4H3,(H,29,30);13,19H,7-12H2,1-4H3;7H,1-4H3. The van der Waals surface area contributed by atoms with Gasteiger partial charge in [0.15, 0.2) is 0 Å². The third kappa shape index (κ3) is 30.5. The van der Waals surface area contributed by atoms with Crippen LogP contribution in [-0.4, -0.2) is 195 Å². The molecule has 0 unspecified atom stereocenters. The van der Waals surface area contributed by atoms with Crippen molar-refractivity contribution in [2.24, 2.45) is 45.3 Å². The predicted molar refractivity (Wildman–Crippen MR) is 429 cm³/mol. The number of thiophene rings is 4. The molecule has 0 bridgehead atoms. The van der Waals surface area contributed by atoms with Gasteiger partial charge in [0.2, 0.25) is 11.8 Å². The lowest BCUT2D eigenvalue weighted by atomic mass is 9.82. The van der Waals surface area contributed by atoms with Crippen molar-refractivity contribution in [3.63, 3.8) is 0 Å². The van der Waals surface area contributed by atoms with Crippen molar-refractivity contribution < 1.29 is 62.3 Å². The van der Waals surface area contributed by atoms with Crippen molar-refractivity contribution in [3.05, 3.63) is 67.8 Å². The van der Waals surface area contributed by atoms with Crippen molar-refractivity contribution >= 4 is 114 Å². The zero-order valence-corrected chi connectivity index (χ0v) is 69.9. The summed E-state index contributed by atoms with van der Waals surface area (Å²) in [4.78, 5) is 91.0. The Hall–Kier alpha value is -6.10. The van der Waals surface area contributed by atoms with Crippen LogP contribution in [0.15, 0.2) is 28.7 Å². The van der Waals surface area contributed by atoms with Crippen LogP contribution < -0.4 is 15.1 Å². The molecule has 4 aromatic heterocycles. The molecule has 3 aliphatic heterocycles. The number of methoxy groups -OCH3 is 3. The molecule has 0 radical (unpaired) electrons. The molecule has 2 aliphatic carbocycles. The molecule has 5 aliphatic rings. The van der Waals surface area contributed by atoms with Crippen molar-refractivity contribution in [3.8, 4) is 47.4 Å². The van der Waals surface area contributed by atoms with Gasteiger partial charge in [-0.1, -0.05) is 61.2 Å². The summed E-state index contributed by atoms with van der Waals surface area (Å²) in [5.74, 6) is 24.7. The Bertz CT molecular complexity index is 3780. The second-order valence-corrected chi connectivity index (χ2v) is 36.3. The van der Waals surface area contributed by atoms with Crippen LogP contribution in [0.4, 0.5) is 17.1 Å². The molecule has 2 amide bonds. The van der Waals surface area contributed by atoms with Gasteiger partial charge in [-0.3, -0.25) is 24.3 Å². The third-order valence-electron chi connectivity index (χ3n) is 17.6. The number of carboxylic acid groups (broad SMARTS) is 1. The number of carbonyl (C=O) groups excluding carboxylic acids is 5. The smallest absolute Gasteiger partial charge is 0.350 e. The van der Waals surface area contributed by atoms with E-state index in [-0.39, 0.29) is 62.1 Å². The first-order valence-electron chi connectivity index (χ1n) is 36.6. The molecule has 4 aromatic rings. The minimum absolute atomic E-state index is 0.000366. The highest BCUT2D eigenvalue weighted by molar-refractivity contribution is 9.10. The van der Waals surface area contributed by atoms with Crippen LogP contribution in [0.2, 0.25) is 0 Å². The van der Waals surface area contributed by atoms with Gasteiger partial charge in [0.25, 0.3) is 0 Å². The molecular weight excluding hydrogens is 1470 g/mol. The zero-order valence-electron chi connectivity index (χ0n) is 65.1. The number of nitrogens with one attached hydrogen (secondary N) is 1. The summed E-state index contributed by atoms with van der Waals surface area (Å²) in [5, 5.41) is 13.2. The van der Waals surface area contributed by atoms with Crippen LogP contribution in [0.1, 0.15) is 206 Å². The van der Waals surface area contributed by atoms with Crippen molar-refractivity contribution in [1.82, 2.24) is 14.7 Å². The number of ether oxygens (including phenoxy) is 6. The number of amides is 2. The maximum atomic E-state index is 13.8. The third-order valence-corrected chi connectivity index (χ3v) is 22.6. The number of aromatic carboxylic acids is 1. The quantitative estimate of drug-likeness (QED) is 0.0540. The summed E-state index contributed by atoms with van der Waals surface area (Å²) in [7, 11) is 4.16. The highest BCUT2D eigenvalue weighted by Crippen LogP contribution is 2.38. The van der Waals surface area contributed by atoms with Gasteiger partial charge in [-0.25, -0.2) is 19.2 Å². The average Bonchev–Trinajstić information content (AvgIpc) is 1.72. The molecule has 0 spiro atoms. The van der Waals surface area contributed by atoms with Crippen LogP contribution in [0.5, 0.6) is 0 Å². The van der Waals surface area contributed by atoms with E-state index in [2.05, 4.69) is 143 Å². The fourth-order valence-electron chi connectivity index (χ4n) is 11.6. The number of hydrogen-bond acceptors (Lipinski definition) is 20. The molecule has 0 aromatic carbocycles. The number of nitrogens with zero attached hydrogens (tertiary/aromatic N) is 5. The van der Waals surface area contributed by atoms with E-state index in [1.54, 1.807) is 11.0 Å². The average molecular weight is 1590 g/mol. The van der Waals surface area contributed by atoms with E-state index in [4.69, 9.17) is 23.7 Å². The molecule has 2 saturated carbocycles. The Balaban J connectivity index is 0.000000226. The number of anilines is 3. The van der Waals surface area contributed by atoms with Crippen molar-refractivity contribution in [2.75, 3.05) is 155 Å². The number of carboxylic acids is 1. The number of rotatable bonds is 18. The van der Waals surface area contributed by atoms with Crippen LogP contribution >= 0.6 is 61.3 Å². The highest BCUT2D eigenvalue weighted by Gasteiger charge is 2.35. The van der Waals surface area contributed by atoms with Crippen molar-refractivity contribution in [1.29, 1.82) is 0 Å². The Kier molecular flexibility index (Phi) is 35.1. The lowest BCUT2D eigenvalue weighted by molar-refractivity contribution is -0.124. The Morgan fingerprint density at radius 1 is 0.476 bits per heavy atom. The summed E-state index contributed by atoms with van der Waals surface area (Å²) in [6.07, 6.45) is 7.79. The first-order valence-corrected chi connectivity index (χ1v) is 40.7. The van der Waals surface area contributed by atoms with Gasteiger partial charge in [0.05, 0.1) is 97.5 Å². The molecule has 3 saturated heterocycles. The summed E-state index contributed by atoms with van der Waals surface area (Å²) in [5.41, 5.74) is 1.50. The summed E-state index contributed by atoms with van der Waals surface area (Å²) >= 11 is 8.51. The minimum atomic E-state index is -1.00. The van der Waals surface area contributed by atoms with Gasteiger partial charge < -0.3 is 48.6 Å². The summed E-state index contributed by atoms with van der Waals surface area (Å²) < 4.78 is 31.6. The second kappa shape index (κ2) is 42.0. The van der Waals surface area contributed by atoms with E-state index in [1.807, 2.05) is 64.6 Å². The monoisotopic (exact) mass is 1580 g/mol. The molecule has 5 fully saturated rings. The maximum absolute atomic E-state index is 13.8. The van der Waals surface area contributed by atoms with Gasteiger partial charge in [-0.05, 0) is 186 Å². The topological polar surface area (TPSA) is 206 Å². The maximum Gasteiger partial charge on any atom is 0.350 e. The van der Waals surface area contributed by atoms with Gasteiger partial charge in [0.1, 0.15) is 19.5 Å². The van der Waals surface area contributed by atoms with E-state index in [9.17, 15) is 33.9 Å². The molecule has 9 rings (SSSR count). The van der Waals surface area contributed by atoms with E-state index in [1.165, 1.54) is 55.3 Å². The Morgan fingerprint density at radius 3 is 1.16 bits per heavy atom. The van der Waals surface area contributed by atoms with Crippen LogP contribution in [0.25, 0.3) is 0 Å². The van der Waals surface area contributed by atoms with Gasteiger partial charge >= 0.3 is 23.9 Å². The Morgan fingerprint density at radius 2 is 0.790 bits per heavy atom. The first-order chi connectivity index (χ1) is 49.5. The first kappa shape index (κ1) is 87.8. The molecule has 7 heterocycles. The SMILES string of the molecule is CC1CCC(C(=O)N(CCN2CCOCC2)c2cc(C#CC(C)(C)C)sc2C(=O)O)CC1.COC(=O)c1sc(C#CC(C)(C)C)cc1Br.COC(=O)c1sc(C#CC(C)(C)C)cc1N(CCN1CCOCC1)C(=O)C1CCC(C)CC1.COC(=O)c1sc(C#CC(C)(C)C)cc1NCCN1CCOCC1. The van der Waals surface area contributed by atoms with Gasteiger partial charge in [0, 0.05) is 117 Å². The van der Waals surface area contributed by atoms with Crippen LogP contribution in [0, 0.1) is 92.7 Å². The van der Waals surface area contributed by atoms with Crippen molar-refractivity contribution in [2.45, 2.75) is 148 Å². The van der Waals surface area contributed by atoms with Gasteiger partial charge in [-0.15, -0.1) is 45.3 Å². The van der Waals surface area contributed by atoms with E-state index >= 15 is 0 Å². The van der Waals surface area contributed by atoms with E-state index in [0.29, 0.717) is 88.8 Å². The zero-order chi connectivity index (χ0) is 77.2. The molecule has 2 N–H and O–H groups in total. The van der Waals surface area contributed by atoms with E-state index < -0.39 is 11.9 Å². The lowest BCUT2D eigenvalue weighted by Crippen LogP contribution is -2.45. The number of halogens is 1. The Labute approximate surface area is 650 Å². The molecule has 19 nitrogen and oxygen atoms in total. The largest absolute Gasteiger partial charge is 0.477 e. The summed E-state index contributed by atoms with van der Waals surface area (Å²) in [6, 6.07) is 7.48.